The second kappa shape index (κ2) is 4.81. The van der Waals surface area contributed by atoms with E-state index in [4.69, 9.17) is 11.6 Å². The van der Waals surface area contributed by atoms with Gasteiger partial charge in [-0.25, -0.2) is 4.90 Å². The lowest BCUT2D eigenvalue weighted by molar-refractivity contribution is -0.122. The summed E-state index contributed by atoms with van der Waals surface area (Å²) >= 11 is 6.17. The van der Waals surface area contributed by atoms with Gasteiger partial charge in [-0.15, -0.1) is 0 Å². The molecule has 4 atom stereocenters. The first-order valence-corrected chi connectivity index (χ1v) is 8.29. The molecule has 2 bridgehead atoms. The highest BCUT2D eigenvalue weighted by atomic mass is 35.5. The molecule has 0 aromatic heterocycles. The third-order valence-corrected chi connectivity index (χ3v) is 5.81. The fourth-order valence-electron chi connectivity index (χ4n) is 4.41. The standard InChI is InChI=1S/C19H18ClNO2/c1-9(2)15-12-6-7-13(15)17-16(12)18(22)21(19(17)23)11-5-4-10(3)14(20)8-11/h4-8,12-13,16-17H,1-3H3/t12-,13+,16-,17+. The number of amides is 2. The molecule has 2 amide bonds. The van der Waals surface area contributed by atoms with Crippen LogP contribution in [0.3, 0.4) is 0 Å². The topological polar surface area (TPSA) is 37.4 Å². The van der Waals surface area contributed by atoms with Crippen LogP contribution in [0.4, 0.5) is 5.69 Å². The molecule has 1 saturated carbocycles. The minimum Gasteiger partial charge on any atom is -0.274 e. The van der Waals surface area contributed by atoms with Crippen LogP contribution < -0.4 is 4.90 Å². The van der Waals surface area contributed by atoms with Gasteiger partial charge in [-0.3, -0.25) is 9.59 Å². The quantitative estimate of drug-likeness (QED) is 0.579. The lowest BCUT2D eigenvalue weighted by Crippen LogP contribution is -2.33. The number of nitrogens with zero attached hydrogens (tertiary/aromatic N) is 1. The Bertz CT molecular complexity index is 770. The average Bonchev–Trinajstić information content (AvgIpc) is 3.13. The Hall–Kier alpha value is -1.87. The van der Waals surface area contributed by atoms with E-state index in [1.165, 1.54) is 16.0 Å². The summed E-state index contributed by atoms with van der Waals surface area (Å²) in [5.74, 6) is -0.509. The van der Waals surface area contributed by atoms with E-state index in [0.29, 0.717) is 10.7 Å². The zero-order valence-electron chi connectivity index (χ0n) is 13.3. The molecular formula is C19H18ClNO2. The monoisotopic (exact) mass is 327 g/mol. The lowest BCUT2D eigenvalue weighted by Gasteiger charge is -2.19. The van der Waals surface area contributed by atoms with Crippen molar-refractivity contribution in [3.05, 3.63) is 52.1 Å². The van der Waals surface area contributed by atoms with E-state index in [9.17, 15) is 9.59 Å². The molecule has 0 spiro atoms. The van der Waals surface area contributed by atoms with Crippen molar-refractivity contribution < 1.29 is 9.59 Å². The fraction of sp³-hybridized carbons (Fsp3) is 0.368. The van der Waals surface area contributed by atoms with Crippen LogP contribution in [-0.2, 0) is 9.59 Å². The van der Waals surface area contributed by atoms with Gasteiger partial charge >= 0.3 is 0 Å². The van der Waals surface area contributed by atoms with E-state index in [1.807, 2.05) is 13.0 Å². The number of rotatable bonds is 1. The molecule has 4 heteroatoms. The Morgan fingerprint density at radius 3 is 2.09 bits per heavy atom. The Labute approximate surface area is 140 Å². The van der Waals surface area contributed by atoms with Gasteiger partial charge in [-0.1, -0.05) is 41.0 Å². The van der Waals surface area contributed by atoms with E-state index in [2.05, 4.69) is 26.0 Å². The van der Waals surface area contributed by atoms with Gasteiger partial charge in [0, 0.05) is 16.9 Å². The summed E-state index contributed by atoms with van der Waals surface area (Å²) in [5.41, 5.74) is 4.01. The van der Waals surface area contributed by atoms with E-state index in [1.54, 1.807) is 12.1 Å². The molecule has 118 valence electrons. The number of allylic oxidation sites excluding steroid dienone is 4. The molecule has 1 aromatic rings. The summed E-state index contributed by atoms with van der Waals surface area (Å²) in [5, 5.41) is 0.575. The van der Waals surface area contributed by atoms with Gasteiger partial charge in [-0.05, 0) is 38.5 Å². The Morgan fingerprint density at radius 1 is 1.04 bits per heavy atom. The van der Waals surface area contributed by atoms with Crippen molar-refractivity contribution in [3.8, 4) is 0 Å². The van der Waals surface area contributed by atoms with Crippen molar-refractivity contribution in [3.63, 3.8) is 0 Å². The minimum atomic E-state index is -0.248. The summed E-state index contributed by atoms with van der Waals surface area (Å²) in [6, 6.07) is 5.36. The first-order chi connectivity index (χ1) is 10.9. The van der Waals surface area contributed by atoms with Crippen molar-refractivity contribution >= 4 is 29.1 Å². The highest BCUT2D eigenvalue weighted by molar-refractivity contribution is 6.32. The maximum absolute atomic E-state index is 13.0. The SMILES string of the molecule is CC(C)=C1[C@H]2C=C[C@@H]1[C@@H]1C(=O)N(c3ccc(C)c(Cl)c3)C(=O)[C@@H]12. The highest BCUT2D eigenvalue weighted by Gasteiger charge is 2.61. The molecule has 2 fully saturated rings. The molecule has 0 unspecified atom stereocenters. The number of halogens is 1. The number of carbonyl (C=O) groups is 2. The number of carbonyl (C=O) groups excluding carboxylic acids is 2. The first kappa shape index (κ1) is 14.7. The van der Waals surface area contributed by atoms with Crippen molar-refractivity contribution in [2.24, 2.45) is 23.7 Å². The third-order valence-electron chi connectivity index (χ3n) is 5.41. The molecule has 3 nitrogen and oxygen atoms in total. The van der Waals surface area contributed by atoms with E-state index >= 15 is 0 Å². The molecule has 2 aliphatic carbocycles. The van der Waals surface area contributed by atoms with Gasteiger partial charge in [0.1, 0.15) is 0 Å². The van der Waals surface area contributed by atoms with Crippen LogP contribution in [0.25, 0.3) is 0 Å². The predicted octanol–water partition coefficient (Wildman–Crippen LogP) is 3.91. The number of hydrogen-bond acceptors (Lipinski definition) is 2. The molecule has 1 heterocycles. The van der Waals surface area contributed by atoms with Crippen molar-refractivity contribution in [2.45, 2.75) is 20.8 Å². The molecular weight excluding hydrogens is 310 g/mol. The zero-order valence-corrected chi connectivity index (χ0v) is 14.1. The van der Waals surface area contributed by atoms with Crippen molar-refractivity contribution in [1.29, 1.82) is 0 Å². The second-order valence-corrected chi connectivity index (χ2v) is 7.30. The average molecular weight is 328 g/mol. The lowest BCUT2D eigenvalue weighted by atomic mass is 9.85. The largest absolute Gasteiger partial charge is 0.274 e. The molecule has 3 aliphatic rings. The first-order valence-electron chi connectivity index (χ1n) is 7.91. The van der Waals surface area contributed by atoms with Crippen LogP contribution in [0.2, 0.25) is 5.02 Å². The van der Waals surface area contributed by atoms with Crippen LogP contribution >= 0.6 is 11.6 Å². The fourth-order valence-corrected chi connectivity index (χ4v) is 4.58. The van der Waals surface area contributed by atoms with Gasteiger partial charge in [-0.2, -0.15) is 0 Å². The van der Waals surface area contributed by atoms with Crippen molar-refractivity contribution in [2.75, 3.05) is 4.90 Å². The van der Waals surface area contributed by atoms with Crippen LogP contribution in [0.5, 0.6) is 0 Å². The molecule has 1 aromatic carbocycles. The predicted molar refractivity (Wildman–Crippen MR) is 90.2 cm³/mol. The number of imide groups is 1. The minimum absolute atomic E-state index is 0.0809. The van der Waals surface area contributed by atoms with Crippen LogP contribution in [0, 0.1) is 30.6 Å². The molecule has 0 N–H and O–H groups in total. The van der Waals surface area contributed by atoms with Crippen LogP contribution in [0.15, 0.2) is 41.5 Å². The summed E-state index contributed by atoms with van der Waals surface area (Å²) in [7, 11) is 0. The smallest absolute Gasteiger partial charge is 0.238 e. The molecule has 0 radical (unpaired) electrons. The maximum atomic E-state index is 13.0. The normalized spacial score (nSPS) is 31.3. The molecule has 1 aliphatic heterocycles. The Kier molecular flexibility index (Phi) is 3.08. The summed E-state index contributed by atoms with van der Waals surface area (Å²) in [6.45, 7) is 6.03. The summed E-state index contributed by atoms with van der Waals surface area (Å²) in [4.78, 5) is 27.3. The number of hydrogen-bond donors (Lipinski definition) is 0. The van der Waals surface area contributed by atoms with Crippen LogP contribution in [-0.4, -0.2) is 11.8 Å². The van der Waals surface area contributed by atoms with E-state index in [0.717, 1.165) is 5.56 Å². The van der Waals surface area contributed by atoms with Crippen molar-refractivity contribution in [1.82, 2.24) is 0 Å². The number of anilines is 1. The van der Waals surface area contributed by atoms with Gasteiger partial charge in [0.25, 0.3) is 0 Å². The second-order valence-electron chi connectivity index (χ2n) is 6.89. The zero-order chi connectivity index (χ0) is 16.5. The number of aryl methyl sites for hydroxylation is 1. The van der Waals surface area contributed by atoms with E-state index < -0.39 is 0 Å². The van der Waals surface area contributed by atoms with Crippen LogP contribution in [0.1, 0.15) is 19.4 Å². The number of fused-ring (bicyclic) bond motifs is 5. The molecule has 4 rings (SSSR count). The maximum Gasteiger partial charge on any atom is 0.238 e. The summed E-state index contributed by atoms with van der Waals surface area (Å²) in [6.07, 6.45) is 4.20. The van der Waals surface area contributed by atoms with Gasteiger partial charge < -0.3 is 0 Å². The Morgan fingerprint density at radius 2 is 1.61 bits per heavy atom. The Balaban J connectivity index is 1.77. The van der Waals surface area contributed by atoms with Gasteiger partial charge in [0.2, 0.25) is 11.8 Å². The van der Waals surface area contributed by atoms with Gasteiger partial charge in [0.05, 0.1) is 17.5 Å². The highest BCUT2D eigenvalue weighted by Crippen LogP contribution is 2.57. The third kappa shape index (κ3) is 1.83. The summed E-state index contributed by atoms with van der Waals surface area (Å²) < 4.78 is 0. The molecule has 1 saturated heterocycles. The van der Waals surface area contributed by atoms with E-state index in [-0.39, 0.29) is 35.5 Å². The number of benzene rings is 1. The molecule has 23 heavy (non-hydrogen) atoms. The van der Waals surface area contributed by atoms with Gasteiger partial charge in [0.15, 0.2) is 0 Å².